The summed E-state index contributed by atoms with van der Waals surface area (Å²) in [5.74, 6) is 2.23. The lowest BCUT2D eigenvalue weighted by atomic mass is 10.2. The Morgan fingerprint density at radius 3 is 3.00 bits per heavy atom. The monoisotopic (exact) mass is 250 g/mol. The van der Waals surface area contributed by atoms with Gasteiger partial charge in [-0.2, -0.15) is 0 Å². The van der Waals surface area contributed by atoms with Crippen LogP contribution in [0.25, 0.3) is 0 Å². The largest absolute Gasteiger partial charge is 0.484 e. The maximum atomic E-state index is 5.56. The summed E-state index contributed by atoms with van der Waals surface area (Å²) in [4.78, 5) is 0. The molecule has 2 rings (SSSR count). The van der Waals surface area contributed by atoms with Crippen molar-refractivity contribution in [3.05, 3.63) is 35.7 Å². The molecule has 0 aliphatic heterocycles. The van der Waals surface area contributed by atoms with Crippen molar-refractivity contribution in [2.24, 2.45) is 0 Å². The molecule has 17 heavy (non-hydrogen) atoms. The second kappa shape index (κ2) is 5.72. The molecule has 0 bridgehead atoms. The second-order valence-corrected chi connectivity index (χ2v) is 4.72. The predicted molar refractivity (Wildman–Crippen MR) is 66.2 cm³/mol. The molecule has 0 fully saturated rings. The van der Waals surface area contributed by atoms with Crippen molar-refractivity contribution in [2.45, 2.75) is 25.7 Å². The normalized spacial score (nSPS) is 10.5. The van der Waals surface area contributed by atoms with Crippen molar-refractivity contribution in [3.63, 3.8) is 0 Å². The number of thioether (sulfide) groups is 1. The van der Waals surface area contributed by atoms with Crippen LogP contribution in [0.1, 0.15) is 18.4 Å². The molecule has 1 aromatic carbocycles. The van der Waals surface area contributed by atoms with E-state index in [9.17, 15) is 0 Å². The molecule has 2 aromatic rings. The number of ether oxygens (including phenoxy) is 1. The SMILES string of the molecule is CCSc1nnc(COc2cccc(C)c2)o1. The fourth-order valence-corrected chi connectivity index (χ4v) is 1.83. The van der Waals surface area contributed by atoms with Gasteiger partial charge in [0, 0.05) is 0 Å². The minimum Gasteiger partial charge on any atom is -0.484 e. The van der Waals surface area contributed by atoms with Gasteiger partial charge in [-0.05, 0) is 30.4 Å². The molecule has 0 N–H and O–H groups in total. The van der Waals surface area contributed by atoms with Crippen LogP contribution < -0.4 is 4.74 Å². The first kappa shape index (κ1) is 12.0. The van der Waals surface area contributed by atoms with Crippen molar-refractivity contribution >= 4 is 11.8 Å². The molecule has 0 saturated carbocycles. The summed E-state index contributed by atoms with van der Waals surface area (Å²) in [6, 6.07) is 7.86. The van der Waals surface area contributed by atoms with E-state index in [4.69, 9.17) is 9.15 Å². The summed E-state index contributed by atoms with van der Waals surface area (Å²) in [7, 11) is 0. The first-order chi connectivity index (χ1) is 8.28. The molecule has 0 unspecified atom stereocenters. The second-order valence-electron chi connectivity index (χ2n) is 3.50. The van der Waals surface area contributed by atoms with Gasteiger partial charge in [-0.3, -0.25) is 0 Å². The summed E-state index contributed by atoms with van der Waals surface area (Å²) in [5.41, 5.74) is 1.16. The summed E-state index contributed by atoms with van der Waals surface area (Å²) in [6.07, 6.45) is 0. The number of aryl methyl sites for hydroxylation is 1. The summed E-state index contributed by atoms with van der Waals surface area (Å²) in [5, 5.41) is 8.40. The first-order valence-corrected chi connectivity index (χ1v) is 6.41. The van der Waals surface area contributed by atoms with Gasteiger partial charge in [0.25, 0.3) is 11.1 Å². The third kappa shape index (κ3) is 3.49. The first-order valence-electron chi connectivity index (χ1n) is 5.42. The molecule has 0 spiro atoms. The molecule has 1 heterocycles. The van der Waals surface area contributed by atoms with Crippen LogP contribution in [0.4, 0.5) is 0 Å². The Kier molecular flexibility index (Phi) is 4.03. The molecule has 0 radical (unpaired) electrons. The Labute approximate surface area is 104 Å². The van der Waals surface area contributed by atoms with E-state index in [1.807, 2.05) is 38.1 Å². The molecule has 90 valence electrons. The molecule has 0 aliphatic carbocycles. The summed E-state index contributed by atoms with van der Waals surface area (Å²) in [6.45, 7) is 4.37. The van der Waals surface area contributed by atoms with Gasteiger partial charge in [-0.25, -0.2) is 0 Å². The van der Waals surface area contributed by atoms with Crippen molar-refractivity contribution in [1.29, 1.82) is 0 Å². The topological polar surface area (TPSA) is 48.2 Å². The number of benzene rings is 1. The van der Waals surface area contributed by atoms with E-state index >= 15 is 0 Å². The van der Waals surface area contributed by atoms with Crippen molar-refractivity contribution < 1.29 is 9.15 Å². The van der Waals surface area contributed by atoms with Crippen molar-refractivity contribution in [1.82, 2.24) is 10.2 Å². The van der Waals surface area contributed by atoms with Crippen LogP contribution in [-0.4, -0.2) is 16.0 Å². The van der Waals surface area contributed by atoms with E-state index in [0.29, 0.717) is 17.7 Å². The smallest absolute Gasteiger partial charge is 0.276 e. The van der Waals surface area contributed by atoms with Gasteiger partial charge in [0.2, 0.25) is 0 Å². The standard InChI is InChI=1S/C12H14N2O2S/c1-3-17-12-14-13-11(16-12)8-15-10-6-4-5-9(2)7-10/h4-7H,3,8H2,1-2H3. The van der Waals surface area contributed by atoms with Gasteiger partial charge in [0.15, 0.2) is 6.61 Å². The lowest BCUT2D eigenvalue weighted by Crippen LogP contribution is -1.95. The van der Waals surface area contributed by atoms with Crippen LogP contribution in [0, 0.1) is 6.92 Å². The number of hydrogen-bond donors (Lipinski definition) is 0. The number of nitrogens with zero attached hydrogens (tertiary/aromatic N) is 2. The molecule has 0 aliphatic rings. The minimum absolute atomic E-state index is 0.306. The van der Waals surface area contributed by atoms with Crippen molar-refractivity contribution in [3.8, 4) is 5.75 Å². The maximum Gasteiger partial charge on any atom is 0.276 e. The van der Waals surface area contributed by atoms with Crippen LogP contribution >= 0.6 is 11.8 Å². The molecular weight excluding hydrogens is 236 g/mol. The Morgan fingerprint density at radius 1 is 1.35 bits per heavy atom. The highest BCUT2D eigenvalue weighted by molar-refractivity contribution is 7.99. The third-order valence-corrected chi connectivity index (χ3v) is 2.77. The van der Waals surface area contributed by atoms with Crippen LogP contribution in [-0.2, 0) is 6.61 Å². The van der Waals surface area contributed by atoms with Gasteiger partial charge < -0.3 is 9.15 Å². The molecule has 0 saturated heterocycles. The van der Waals surface area contributed by atoms with Gasteiger partial charge in [0.05, 0.1) is 0 Å². The van der Waals surface area contributed by atoms with Gasteiger partial charge in [0.1, 0.15) is 5.75 Å². The molecular formula is C12H14N2O2S. The van der Waals surface area contributed by atoms with E-state index in [1.165, 1.54) is 11.8 Å². The highest BCUT2D eigenvalue weighted by Crippen LogP contribution is 2.17. The lowest BCUT2D eigenvalue weighted by Gasteiger charge is -2.03. The average molecular weight is 250 g/mol. The Hall–Kier alpha value is -1.49. The van der Waals surface area contributed by atoms with Crippen LogP contribution in [0.5, 0.6) is 5.75 Å². The average Bonchev–Trinajstić information content (AvgIpc) is 2.75. The summed E-state index contributed by atoms with van der Waals surface area (Å²) >= 11 is 1.52. The number of aromatic nitrogens is 2. The van der Waals surface area contributed by atoms with E-state index in [1.54, 1.807) is 0 Å². The van der Waals surface area contributed by atoms with Crippen LogP contribution in [0.2, 0.25) is 0 Å². The van der Waals surface area contributed by atoms with Gasteiger partial charge in [-0.1, -0.05) is 30.8 Å². The highest BCUT2D eigenvalue weighted by atomic mass is 32.2. The van der Waals surface area contributed by atoms with Crippen LogP contribution in [0.15, 0.2) is 33.9 Å². The minimum atomic E-state index is 0.306. The van der Waals surface area contributed by atoms with E-state index < -0.39 is 0 Å². The maximum absolute atomic E-state index is 5.56. The molecule has 5 heteroatoms. The van der Waals surface area contributed by atoms with Gasteiger partial charge >= 0.3 is 0 Å². The van der Waals surface area contributed by atoms with Crippen LogP contribution in [0.3, 0.4) is 0 Å². The zero-order valence-corrected chi connectivity index (χ0v) is 10.7. The highest BCUT2D eigenvalue weighted by Gasteiger charge is 2.06. The molecule has 1 aromatic heterocycles. The Balaban J connectivity index is 1.93. The Bertz CT molecular complexity index is 485. The molecule has 0 amide bonds. The summed E-state index contributed by atoms with van der Waals surface area (Å²) < 4.78 is 11.0. The molecule has 0 atom stereocenters. The van der Waals surface area contributed by atoms with E-state index in [0.717, 1.165) is 17.1 Å². The zero-order chi connectivity index (χ0) is 12.1. The Morgan fingerprint density at radius 2 is 2.24 bits per heavy atom. The van der Waals surface area contributed by atoms with E-state index in [2.05, 4.69) is 10.2 Å². The fourth-order valence-electron chi connectivity index (χ4n) is 1.33. The number of rotatable bonds is 5. The third-order valence-electron chi connectivity index (χ3n) is 2.07. The van der Waals surface area contributed by atoms with E-state index in [-0.39, 0.29) is 0 Å². The quantitative estimate of drug-likeness (QED) is 0.763. The van der Waals surface area contributed by atoms with Crippen molar-refractivity contribution in [2.75, 3.05) is 5.75 Å². The fraction of sp³-hybridized carbons (Fsp3) is 0.333. The zero-order valence-electron chi connectivity index (χ0n) is 9.84. The molecule has 4 nitrogen and oxygen atoms in total. The lowest BCUT2D eigenvalue weighted by molar-refractivity contribution is 0.252. The van der Waals surface area contributed by atoms with Gasteiger partial charge in [-0.15, -0.1) is 10.2 Å². The number of hydrogen-bond acceptors (Lipinski definition) is 5. The predicted octanol–water partition coefficient (Wildman–Crippen LogP) is 3.07.